The van der Waals surface area contributed by atoms with Gasteiger partial charge in [-0.25, -0.2) is 4.68 Å². The molecule has 1 aliphatic rings. The van der Waals surface area contributed by atoms with Gasteiger partial charge < -0.3 is 9.26 Å². The number of aryl methyl sites for hydroxylation is 1. The second-order valence-corrected chi connectivity index (χ2v) is 6.85. The van der Waals surface area contributed by atoms with Gasteiger partial charge in [-0.1, -0.05) is 16.8 Å². The topological polar surface area (TPSA) is 109 Å². The first-order valence-corrected chi connectivity index (χ1v) is 8.92. The fourth-order valence-electron chi connectivity index (χ4n) is 3.06. The molecule has 1 aliphatic carbocycles. The lowest BCUT2D eigenvalue weighted by Crippen LogP contribution is -2.14. The molecule has 0 unspecified atom stereocenters. The van der Waals surface area contributed by atoms with Gasteiger partial charge in [-0.3, -0.25) is 0 Å². The second kappa shape index (κ2) is 6.31. The minimum absolute atomic E-state index is 0.174. The van der Waals surface area contributed by atoms with Crippen LogP contribution in [0.1, 0.15) is 36.4 Å². The van der Waals surface area contributed by atoms with E-state index in [0.717, 1.165) is 24.1 Å². The lowest BCUT2D eigenvalue weighted by molar-refractivity contribution is 0.268. The van der Waals surface area contributed by atoms with E-state index in [1.165, 1.54) is 6.42 Å². The number of ether oxygens (including phenoxy) is 1. The highest BCUT2D eigenvalue weighted by atomic mass is 35.5. The molecule has 0 saturated heterocycles. The first-order chi connectivity index (χ1) is 13.2. The number of aromatic nitrogens is 8. The molecule has 1 saturated carbocycles. The highest BCUT2D eigenvalue weighted by molar-refractivity contribution is 6.29. The molecular weight excluding hydrogens is 372 g/mol. The van der Waals surface area contributed by atoms with Crippen LogP contribution in [0.4, 0.5) is 0 Å². The smallest absolute Gasteiger partial charge is 0.235 e. The van der Waals surface area contributed by atoms with E-state index in [9.17, 15) is 0 Å². The molecule has 11 heteroatoms. The van der Waals surface area contributed by atoms with Crippen molar-refractivity contribution < 1.29 is 9.26 Å². The molecule has 0 bridgehead atoms. The molecule has 0 amide bonds. The molecule has 4 aromatic heterocycles. The minimum atomic E-state index is 0.174. The quantitative estimate of drug-likeness (QED) is 0.514. The second-order valence-electron chi connectivity index (χ2n) is 6.48. The average molecular weight is 387 g/mol. The molecule has 138 valence electrons. The van der Waals surface area contributed by atoms with Crippen molar-refractivity contribution in [3.05, 3.63) is 34.8 Å². The molecule has 4 aromatic rings. The van der Waals surface area contributed by atoms with Crippen molar-refractivity contribution in [1.82, 2.24) is 40.0 Å². The van der Waals surface area contributed by atoms with Crippen LogP contribution in [0.5, 0.6) is 5.88 Å². The molecular formula is C16H15ClN8O2. The van der Waals surface area contributed by atoms with E-state index in [-0.39, 0.29) is 5.22 Å². The molecule has 10 nitrogen and oxygen atoms in total. The van der Waals surface area contributed by atoms with E-state index >= 15 is 0 Å². The summed E-state index contributed by atoms with van der Waals surface area (Å²) < 4.78 is 14.2. The third-order valence-electron chi connectivity index (χ3n) is 4.81. The highest BCUT2D eigenvalue weighted by Gasteiger charge is 2.26. The predicted octanol–water partition coefficient (Wildman–Crippen LogP) is 2.41. The van der Waals surface area contributed by atoms with E-state index in [2.05, 4.69) is 30.8 Å². The fraction of sp³-hybridized carbons (Fsp3) is 0.375. The maximum Gasteiger partial charge on any atom is 0.235 e. The summed E-state index contributed by atoms with van der Waals surface area (Å²) in [6.45, 7) is 0.314. The number of nitrogens with zero attached hydrogens (tertiary/aromatic N) is 8. The summed E-state index contributed by atoms with van der Waals surface area (Å²) in [7, 11) is 1.82. The van der Waals surface area contributed by atoms with Crippen LogP contribution < -0.4 is 4.74 Å². The molecule has 0 aromatic carbocycles. The van der Waals surface area contributed by atoms with Gasteiger partial charge in [0.15, 0.2) is 11.3 Å². The van der Waals surface area contributed by atoms with Crippen LogP contribution in [0.25, 0.3) is 17.2 Å². The Morgan fingerprint density at radius 3 is 2.85 bits per heavy atom. The molecule has 1 fully saturated rings. The average Bonchev–Trinajstić information content (AvgIpc) is 3.31. The summed E-state index contributed by atoms with van der Waals surface area (Å²) in [6.07, 6.45) is 5.10. The van der Waals surface area contributed by atoms with Gasteiger partial charge >= 0.3 is 0 Å². The van der Waals surface area contributed by atoms with Crippen molar-refractivity contribution >= 4 is 17.2 Å². The number of hydrogen-bond acceptors (Lipinski definition) is 8. The summed E-state index contributed by atoms with van der Waals surface area (Å²) >= 11 is 5.83. The van der Waals surface area contributed by atoms with Crippen molar-refractivity contribution in [3.8, 4) is 17.4 Å². The van der Waals surface area contributed by atoms with Gasteiger partial charge in [0.25, 0.3) is 0 Å². The molecule has 5 rings (SSSR count). The number of rotatable bonds is 5. The summed E-state index contributed by atoms with van der Waals surface area (Å²) in [5.74, 6) is 1.40. The van der Waals surface area contributed by atoms with Crippen LogP contribution in [-0.4, -0.2) is 40.0 Å². The van der Waals surface area contributed by atoms with Crippen LogP contribution in [-0.2, 0) is 13.7 Å². The van der Waals surface area contributed by atoms with E-state index in [1.54, 1.807) is 21.5 Å². The maximum atomic E-state index is 6.03. The predicted molar refractivity (Wildman–Crippen MR) is 93.2 cm³/mol. The van der Waals surface area contributed by atoms with Crippen LogP contribution in [0.15, 0.2) is 22.9 Å². The zero-order valence-electron chi connectivity index (χ0n) is 14.4. The van der Waals surface area contributed by atoms with Crippen molar-refractivity contribution in [3.63, 3.8) is 0 Å². The Labute approximate surface area is 158 Å². The lowest BCUT2D eigenvalue weighted by atomic mass is 9.80. The minimum Gasteiger partial charge on any atom is -0.470 e. The Kier molecular flexibility index (Phi) is 3.78. The molecule has 0 atom stereocenters. The third kappa shape index (κ3) is 2.81. The summed E-state index contributed by atoms with van der Waals surface area (Å²) in [5.41, 5.74) is 2.98. The van der Waals surface area contributed by atoms with Gasteiger partial charge in [-0.15, -0.1) is 20.4 Å². The van der Waals surface area contributed by atoms with E-state index < -0.39 is 0 Å². The van der Waals surface area contributed by atoms with Crippen molar-refractivity contribution in [1.29, 1.82) is 0 Å². The molecule has 0 N–H and O–H groups in total. The van der Waals surface area contributed by atoms with Crippen LogP contribution in [0, 0.1) is 0 Å². The van der Waals surface area contributed by atoms with Crippen LogP contribution in [0.2, 0.25) is 5.22 Å². The Balaban J connectivity index is 1.56. The SMILES string of the molecule is Cn1nncc1COc1nn2c(-c3cc(Cl)on3)nnc2cc1C1CCC1. The van der Waals surface area contributed by atoms with Gasteiger partial charge in [0.1, 0.15) is 6.61 Å². The Hall–Kier alpha value is -3.01. The summed E-state index contributed by atoms with van der Waals surface area (Å²) in [6, 6.07) is 3.55. The van der Waals surface area contributed by atoms with Crippen molar-refractivity contribution in [2.24, 2.45) is 7.05 Å². The fourth-order valence-corrected chi connectivity index (χ4v) is 3.19. The largest absolute Gasteiger partial charge is 0.470 e. The highest BCUT2D eigenvalue weighted by Crippen LogP contribution is 2.40. The van der Waals surface area contributed by atoms with Gasteiger partial charge in [-0.2, -0.15) is 4.52 Å². The zero-order valence-corrected chi connectivity index (χ0v) is 15.2. The summed E-state index contributed by atoms with van der Waals surface area (Å²) in [4.78, 5) is 0. The van der Waals surface area contributed by atoms with E-state index in [4.69, 9.17) is 20.9 Å². The maximum absolute atomic E-state index is 6.03. The van der Waals surface area contributed by atoms with Gasteiger partial charge in [0.2, 0.25) is 16.9 Å². The molecule has 0 aliphatic heterocycles. The Morgan fingerprint density at radius 2 is 2.19 bits per heavy atom. The molecule has 0 radical (unpaired) electrons. The number of hydrogen-bond donors (Lipinski definition) is 0. The third-order valence-corrected chi connectivity index (χ3v) is 4.99. The monoisotopic (exact) mass is 386 g/mol. The molecule has 4 heterocycles. The number of halogens is 1. The van der Waals surface area contributed by atoms with Crippen LogP contribution in [0.3, 0.4) is 0 Å². The zero-order chi connectivity index (χ0) is 18.4. The van der Waals surface area contributed by atoms with Gasteiger partial charge in [-0.05, 0) is 36.4 Å². The van der Waals surface area contributed by atoms with Crippen molar-refractivity contribution in [2.45, 2.75) is 31.8 Å². The number of fused-ring (bicyclic) bond motifs is 1. The molecule has 0 spiro atoms. The van der Waals surface area contributed by atoms with E-state index in [0.29, 0.717) is 35.6 Å². The molecule has 27 heavy (non-hydrogen) atoms. The standard InChI is InChI=1S/C16H15ClN8O2/c1-24-10(7-18-23-24)8-26-16-11(9-3-2-4-9)5-14-19-20-15(25(14)21-16)12-6-13(17)27-22-12/h5-7,9H,2-4,8H2,1H3. The first kappa shape index (κ1) is 16.2. The Bertz CT molecular complexity index is 1110. The van der Waals surface area contributed by atoms with Crippen LogP contribution >= 0.6 is 11.6 Å². The van der Waals surface area contributed by atoms with Crippen molar-refractivity contribution in [2.75, 3.05) is 0 Å². The normalized spacial score (nSPS) is 14.6. The lowest BCUT2D eigenvalue weighted by Gasteiger charge is -2.26. The van der Waals surface area contributed by atoms with E-state index in [1.807, 2.05) is 13.1 Å². The summed E-state index contributed by atoms with van der Waals surface area (Å²) in [5, 5.41) is 24.9. The van der Waals surface area contributed by atoms with Gasteiger partial charge in [0, 0.05) is 18.7 Å². The first-order valence-electron chi connectivity index (χ1n) is 8.54. The van der Waals surface area contributed by atoms with Gasteiger partial charge in [0.05, 0.1) is 11.9 Å². The Morgan fingerprint density at radius 1 is 1.30 bits per heavy atom.